The minimum absolute atomic E-state index is 0.00366. The maximum atomic E-state index is 13.3. The minimum atomic E-state index is -3.92. The average molecular weight is 500 g/mol. The summed E-state index contributed by atoms with van der Waals surface area (Å²) in [6, 6.07) is 13.2. The number of hydrogen-bond acceptors (Lipinski definition) is 5. The summed E-state index contributed by atoms with van der Waals surface area (Å²) in [5, 5.41) is 2.88. The molecule has 1 N–H and O–H groups in total. The lowest BCUT2D eigenvalue weighted by molar-refractivity contribution is -0.141. The van der Waals surface area contributed by atoms with Gasteiger partial charge in [-0.3, -0.25) is 14.4 Å². The number of rotatable bonds is 11. The average Bonchev–Trinajstić information content (AvgIpc) is 3.03. The lowest BCUT2D eigenvalue weighted by Gasteiger charge is -2.31. The monoisotopic (exact) mass is 499 g/mol. The molecule has 0 saturated carbocycles. The first kappa shape index (κ1) is 26.4. The van der Waals surface area contributed by atoms with Gasteiger partial charge in [0.05, 0.1) is 5.56 Å². The summed E-state index contributed by atoms with van der Waals surface area (Å²) in [6.07, 6.45) is 1.41. The highest BCUT2D eigenvalue weighted by Crippen LogP contribution is 2.30. The first-order chi connectivity index (χ1) is 16.7. The lowest BCUT2D eigenvalue weighted by atomic mass is 10.1. The van der Waals surface area contributed by atoms with Crippen molar-refractivity contribution in [1.82, 2.24) is 14.5 Å². The topological polar surface area (TPSA) is 104 Å². The SMILES string of the molecule is CCCNC(=O)[C@H](CC)N(Cc1cccc(C)c1)C(=O)CCCN1C(=O)c2ccccc2S1(=O)=O. The zero-order valence-electron chi connectivity index (χ0n) is 20.5. The molecular formula is C26H33N3O5S. The fourth-order valence-corrected chi connectivity index (χ4v) is 5.87. The molecule has 8 nitrogen and oxygen atoms in total. The fraction of sp³-hybridized carbons (Fsp3) is 0.423. The van der Waals surface area contributed by atoms with Crippen LogP contribution in [-0.4, -0.2) is 54.5 Å². The molecule has 0 fully saturated rings. The second kappa shape index (κ2) is 11.5. The molecule has 1 aliphatic rings. The van der Waals surface area contributed by atoms with Crippen molar-refractivity contribution in [2.45, 2.75) is 63.9 Å². The van der Waals surface area contributed by atoms with Gasteiger partial charge in [-0.25, -0.2) is 12.7 Å². The number of nitrogens with one attached hydrogen (secondary N) is 1. The van der Waals surface area contributed by atoms with Crippen LogP contribution in [0.1, 0.15) is 61.0 Å². The number of fused-ring (bicyclic) bond motifs is 1. The van der Waals surface area contributed by atoms with E-state index in [0.717, 1.165) is 21.9 Å². The Morgan fingerprint density at radius 1 is 1.09 bits per heavy atom. The van der Waals surface area contributed by atoms with Crippen molar-refractivity contribution < 1.29 is 22.8 Å². The minimum Gasteiger partial charge on any atom is -0.354 e. The van der Waals surface area contributed by atoms with E-state index in [2.05, 4.69) is 5.32 Å². The van der Waals surface area contributed by atoms with E-state index in [1.165, 1.54) is 12.1 Å². The lowest BCUT2D eigenvalue weighted by Crippen LogP contribution is -2.49. The van der Waals surface area contributed by atoms with Crippen molar-refractivity contribution in [2.24, 2.45) is 0 Å². The molecule has 1 aliphatic heterocycles. The van der Waals surface area contributed by atoms with Crippen LogP contribution in [0, 0.1) is 6.92 Å². The van der Waals surface area contributed by atoms with Crippen LogP contribution in [0.25, 0.3) is 0 Å². The van der Waals surface area contributed by atoms with Crippen LogP contribution in [-0.2, 0) is 26.2 Å². The number of benzene rings is 2. The molecule has 0 spiro atoms. The Morgan fingerprint density at radius 2 is 1.83 bits per heavy atom. The molecular weight excluding hydrogens is 466 g/mol. The van der Waals surface area contributed by atoms with Crippen LogP contribution in [0.2, 0.25) is 0 Å². The molecule has 3 amide bonds. The summed E-state index contributed by atoms with van der Waals surface area (Å²) in [5.41, 5.74) is 2.11. The molecule has 2 aromatic carbocycles. The summed E-state index contributed by atoms with van der Waals surface area (Å²) in [7, 11) is -3.92. The molecule has 3 rings (SSSR count). The summed E-state index contributed by atoms with van der Waals surface area (Å²) < 4.78 is 26.4. The number of aryl methyl sites for hydroxylation is 1. The Labute approximate surface area is 207 Å². The Hall–Kier alpha value is -3.20. The number of carbonyl (C=O) groups excluding carboxylic acids is 3. The molecule has 0 aromatic heterocycles. The zero-order valence-corrected chi connectivity index (χ0v) is 21.3. The molecule has 0 bridgehead atoms. The Bertz CT molecular complexity index is 1190. The third kappa shape index (κ3) is 5.90. The summed E-state index contributed by atoms with van der Waals surface area (Å²) >= 11 is 0. The quantitative estimate of drug-likeness (QED) is 0.511. The smallest absolute Gasteiger partial charge is 0.269 e. The van der Waals surface area contributed by atoms with Crippen molar-refractivity contribution in [3.05, 3.63) is 65.2 Å². The molecule has 2 aromatic rings. The highest BCUT2D eigenvalue weighted by Gasteiger charge is 2.40. The van der Waals surface area contributed by atoms with Gasteiger partial charge in [-0.05, 0) is 43.9 Å². The van der Waals surface area contributed by atoms with Gasteiger partial charge in [-0.1, -0.05) is 55.8 Å². The van der Waals surface area contributed by atoms with Gasteiger partial charge in [0.2, 0.25) is 11.8 Å². The Balaban J connectivity index is 1.74. The molecule has 0 unspecified atom stereocenters. The molecule has 9 heteroatoms. The Kier molecular flexibility index (Phi) is 8.67. The van der Waals surface area contributed by atoms with E-state index in [-0.39, 0.29) is 48.2 Å². The first-order valence-corrected chi connectivity index (χ1v) is 13.4. The van der Waals surface area contributed by atoms with E-state index >= 15 is 0 Å². The molecule has 1 heterocycles. The van der Waals surface area contributed by atoms with Gasteiger partial charge < -0.3 is 10.2 Å². The van der Waals surface area contributed by atoms with E-state index in [9.17, 15) is 22.8 Å². The van der Waals surface area contributed by atoms with Gasteiger partial charge >= 0.3 is 0 Å². The Morgan fingerprint density at radius 3 is 2.49 bits per heavy atom. The van der Waals surface area contributed by atoms with Crippen LogP contribution in [0.3, 0.4) is 0 Å². The maximum Gasteiger partial charge on any atom is 0.269 e. The van der Waals surface area contributed by atoms with Crippen LogP contribution in [0.15, 0.2) is 53.4 Å². The van der Waals surface area contributed by atoms with E-state index < -0.39 is 22.0 Å². The third-order valence-corrected chi connectivity index (χ3v) is 7.87. The van der Waals surface area contributed by atoms with Gasteiger partial charge in [0.1, 0.15) is 10.9 Å². The van der Waals surface area contributed by atoms with Gasteiger partial charge in [0.15, 0.2) is 0 Å². The van der Waals surface area contributed by atoms with Gasteiger partial charge in [-0.2, -0.15) is 0 Å². The van der Waals surface area contributed by atoms with E-state index in [1.807, 2.05) is 45.0 Å². The van der Waals surface area contributed by atoms with Crippen LogP contribution in [0.4, 0.5) is 0 Å². The number of amides is 3. The van der Waals surface area contributed by atoms with E-state index in [4.69, 9.17) is 0 Å². The predicted octanol–water partition coefficient (Wildman–Crippen LogP) is 3.25. The number of hydrogen-bond donors (Lipinski definition) is 1. The molecule has 0 aliphatic carbocycles. The van der Waals surface area contributed by atoms with Crippen molar-refractivity contribution in [2.75, 3.05) is 13.1 Å². The normalized spacial score (nSPS) is 14.9. The number of nitrogens with zero attached hydrogens (tertiary/aromatic N) is 2. The number of sulfonamides is 1. The predicted molar refractivity (Wildman–Crippen MR) is 133 cm³/mol. The fourth-order valence-electron chi connectivity index (χ4n) is 4.26. The van der Waals surface area contributed by atoms with Crippen LogP contribution < -0.4 is 5.32 Å². The summed E-state index contributed by atoms with van der Waals surface area (Å²) in [6.45, 7) is 6.48. The standard InChI is InChI=1S/C26H33N3O5S/c1-4-15-27-25(31)22(5-2)28(18-20-11-8-10-19(3)17-20)24(30)14-9-16-29-26(32)21-12-6-7-13-23(21)35(29,33)34/h6-8,10-13,17,22H,4-5,9,14-16,18H2,1-3H3,(H,27,31)/t22-/m0/s1. The van der Waals surface area contributed by atoms with Crippen LogP contribution in [0.5, 0.6) is 0 Å². The summed E-state index contributed by atoms with van der Waals surface area (Å²) in [5.74, 6) is -1.04. The first-order valence-electron chi connectivity index (χ1n) is 12.0. The van der Waals surface area contributed by atoms with Gasteiger partial charge in [0.25, 0.3) is 15.9 Å². The van der Waals surface area contributed by atoms with Crippen molar-refractivity contribution in [1.29, 1.82) is 0 Å². The zero-order chi connectivity index (χ0) is 25.6. The third-order valence-electron chi connectivity index (χ3n) is 6.03. The number of carbonyl (C=O) groups is 3. The maximum absolute atomic E-state index is 13.3. The second-order valence-corrected chi connectivity index (χ2v) is 10.5. The van der Waals surface area contributed by atoms with Crippen molar-refractivity contribution in [3.8, 4) is 0 Å². The van der Waals surface area contributed by atoms with E-state index in [0.29, 0.717) is 13.0 Å². The van der Waals surface area contributed by atoms with Gasteiger partial charge in [-0.15, -0.1) is 0 Å². The highest BCUT2D eigenvalue weighted by molar-refractivity contribution is 7.90. The molecule has 188 valence electrons. The largest absolute Gasteiger partial charge is 0.354 e. The molecule has 0 radical (unpaired) electrons. The highest BCUT2D eigenvalue weighted by atomic mass is 32.2. The van der Waals surface area contributed by atoms with Crippen molar-refractivity contribution in [3.63, 3.8) is 0 Å². The van der Waals surface area contributed by atoms with E-state index in [1.54, 1.807) is 17.0 Å². The molecule has 35 heavy (non-hydrogen) atoms. The molecule has 1 atom stereocenters. The second-order valence-electron chi connectivity index (χ2n) is 8.71. The van der Waals surface area contributed by atoms with Crippen molar-refractivity contribution >= 4 is 27.7 Å². The molecule has 0 saturated heterocycles. The van der Waals surface area contributed by atoms with Gasteiger partial charge in [0, 0.05) is 26.1 Å². The van der Waals surface area contributed by atoms with Crippen LogP contribution >= 0.6 is 0 Å². The summed E-state index contributed by atoms with van der Waals surface area (Å²) in [4.78, 5) is 40.4.